The van der Waals surface area contributed by atoms with Gasteiger partial charge in [0.05, 0.1) is 13.0 Å². The highest BCUT2D eigenvalue weighted by atomic mass is 79.9. The van der Waals surface area contributed by atoms with Crippen LogP contribution in [0.1, 0.15) is 6.42 Å². The number of nitrogens with two attached hydrogens (primary N) is 1. The van der Waals surface area contributed by atoms with Gasteiger partial charge in [0, 0.05) is 6.20 Å². The van der Waals surface area contributed by atoms with E-state index in [-0.39, 0.29) is 18.9 Å². The van der Waals surface area contributed by atoms with Crippen LogP contribution < -0.4 is 10.5 Å². The predicted molar refractivity (Wildman–Crippen MR) is 51.2 cm³/mol. The first-order valence-electron chi connectivity index (χ1n) is 3.72. The third kappa shape index (κ3) is 3.42. The topological polar surface area (TPSA) is 65.2 Å². The van der Waals surface area contributed by atoms with Crippen molar-refractivity contribution < 1.29 is 9.53 Å². The van der Waals surface area contributed by atoms with Gasteiger partial charge in [0.15, 0.2) is 5.75 Å². The number of nitrogens with zero attached hydrogens (tertiary/aromatic N) is 1. The van der Waals surface area contributed by atoms with Crippen LogP contribution >= 0.6 is 15.9 Å². The molecule has 0 atom stereocenters. The van der Waals surface area contributed by atoms with E-state index >= 15 is 0 Å². The van der Waals surface area contributed by atoms with Crippen molar-refractivity contribution >= 4 is 21.8 Å². The van der Waals surface area contributed by atoms with Gasteiger partial charge >= 0.3 is 0 Å². The maximum atomic E-state index is 10.4. The number of aromatic nitrogens is 1. The standard InChI is InChI=1S/C8H9BrN2O2/c9-8-6(2-1-4-11-8)13-5-3-7(10)12/h1-2,4H,3,5H2,(H2,10,12). The lowest BCUT2D eigenvalue weighted by Crippen LogP contribution is -2.14. The summed E-state index contributed by atoms with van der Waals surface area (Å²) in [5.74, 6) is 0.240. The van der Waals surface area contributed by atoms with Crippen molar-refractivity contribution in [3.63, 3.8) is 0 Å². The molecule has 0 saturated carbocycles. The summed E-state index contributed by atoms with van der Waals surface area (Å²) in [6, 6.07) is 3.52. The third-order valence-corrected chi connectivity index (χ3v) is 1.93. The van der Waals surface area contributed by atoms with Crippen molar-refractivity contribution in [2.45, 2.75) is 6.42 Å². The Morgan fingerprint density at radius 2 is 2.46 bits per heavy atom. The number of carbonyl (C=O) groups excluding carboxylic acids is 1. The quantitative estimate of drug-likeness (QED) is 0.807. The van der Waals surface area contributed by atoms with Crippen LogP contribution in [-0.2, 0) is 4.79 Å². The number of pyridine rings is 1. The van der Waals surface area contributed by atoms with Gasteiger partial charge < -0.3 is 10.5 Å². The Balaban J connectivity index is 2.45. The van der Waals surface area contributed by atoms with Crippen molar-refractivity contribution in [1.82, 2.24) is 4.98 Å². The van der Waals surface area contributed by atoms with Crippen LogP contribution in [0.5, 0.6) is 5.75 Å². The molecule has 1 aromatic heterocycles. The molecule has 0 spiro atoms. The predicted octanol–water partition coefficient (Wildman–Crippen LogP) is 1.10. The first-order valence-corrected chi connectivity index (χ1v) is 4.51. The Labute approximate surface area is 84.2 Å². The smallest absolute Gasteiger partial charge is 0.220 e. The van der Waals surface area contributed by atoms with Crippen molar-refractivity contribution in [3.8, 4) is 5.75 Å². The van der Waals surface area contributed by atoms with Gasteiger partial charge in [0.2, 0.25) is 5.91 Å². The average Bonchev–Trinajstić information content (AvgIpc) is 2.08. The van der Waals surface area contributed by atoms with E-state index in [2.05, 4.69) is 20.9 Å². The van der Waals surface area contributed by atoms with Crippen LogP contribution in [0.15, 0.2) is 22.9 Å². The molecule has 13 heavy (non-hydrogen) atoms. The third-order valence-electron chi connectivity index (χ3n) is 1.33. The summed E-state index contributed by atoms with van der Waals surface area (Å²) in [7, 11) is 0. The van der Waals surface area contributed by atoms with Crippen LogP contribution in [0, 0.1) is 0 Å². The molecule has 1 amide bonds. The maximum absolute atomic E-state index is 10.4. The van der Waals surface area contributed by atoms with E-state index in [9.17, 15) is 4.79 Å². The second-order valence-corrected chi connectivity index (χ2v) is 3.11. The van der Waals surface area contributed by atoms with Crippen molar-refractivity contribution in [1.29, 1.82) is 0 Å². The zero-order valence-electron chi connectivity index (χ0n) is 6.87. The summed E-state index contributed by atoms with van der Waals surface area (Å²) in [5.41, 5.74) is 4.95. The molecule has 2 N–H and O–H groups in total. The molecule has 0 radical (unpaired) electrons. The molecule has 5 heteroatoms. The molecule has 4 nitrogen and oxygen atoms in total. The van der Waals surface area contributed by atoms with Crippen LogP contribution in [0.3, 0.4) is 0 Å². The molecule has 1 rings (SSSR count). The van der Waals surface area contributed by atoms with Crippen LogP contribution in [-0.4, -0.2) is 17.5 Å². The van der Waals surface area contributed by atoms with E-state index in [0.717, 1.165) is 0 Å². The van der Waals surface area contributed by atoms with Gasteiger partial charge in [-0.25, -0.2) is 4.98 Å². The van der Waals surface area contributed by atoms with Gasteiger partial charge in [0.1, 0.15) is 4.60 Å². The van der Waals surface area contributed by atoms with E-state index in [1.54, 1.807) is 18.3 Å². The van der Waals surface area contributed by atoms with Crippen molar-refractivity contribution in [3.05, 3.63) is 22.9 Å². The summed E-state index contributed by atoms with van der Waals surface area (Å²) in [6.07, 6.45) is 1.85. The Bertz CT molecular complexity index is 304. The van der Waals surface area contributed by atoms with Crippen molar-refractivity contribution in [2.24, 2.45) is 5.73 Å². The lowest BCUT2D eigenvalue weighted by Gasteiger charge is -2.04. The number of rotatable bonds is 4. The van der Waals surface area contributed by atoms with E-state index in [1.807, 2.05) is 0 Å². The fourth-order valence-corrected chi connectivity index (χ4v) is 1.11. The fraction of sp³-hybridized carbons (Fsp3) is 0.250. The van der Waals surface area contributed by atoms with E-state index < -0.39 is 0 Å². The molecule has 1 heterocycles. The van der Waals surface area contributed by atoms with Gasteiger partial charge in [-0.15, -0.1) is 0 Å². The lowest BCUT2D eigenvalue weighted by atomic mass is 10.4. The van der Waals surface area contributed by atoms with Gasteiger partial charge in [-0.1, -0.05) is 0 Å². The normalized spacial score (nSPS) is 9.62. The molecule has 0 saturated heterocycles. The first kappa shape index (κ1) is 9.98. The van der Waals surface area contributed by atoms with E-state index in [4.69, 9.17) is 10.5 Å². The number of halogens is 1. The summed E-state index contributed by atoms with van der Waals surface area (Å²) in [6.45, 7) is 0.277. The number of carbonyl (C=O) groups is 1. The van der Waals surface area contributed by atoms with Crippen LogP contribution in [0.4, 0.5) is 0 Å². The second-order valence-electron chi connectivity index (χ2n) is 2.36. The molecule has 0 aromatic carbocycles. The molecule has 0 bridgehead atoms. The number of amides is 1. The summed E-state index contributed by atoms with van der Waals surface area (Å²) < 4.78 is 5.86. The molecular formula is C8H9BrN2O2. The number of hydrogen-bond donors (Lipinski definition) is 1. The van der Waals surface area contributed by atoms with Gasteiger partial charge in [-0.05, 0) is 28.1 Å². The first-order chi connectivity index (χ1) is 6.20. The monoisotopic (exact) mass is 244 g/mol. The maximum Gasteiger partial charge on any atom is 0.220 e. The zero-order chi connectivity index (χ0) is 9.68. The van der Waals surface area contributed by atoms with Crippen LogP contribution in [0.25, 0.3) is 0 Å². The Morgan fingerprint density at radius 1 is 1.69 bits per heavy atom. The molecule has 0 fully saturated rings. The van der Waals surface area contributed by atoms with E-state index in [1.165, 1.54) is 0 Å². The minimum absolute atomic E-state index is 0.210. The number of hydrogen-bond acceptors (Lipinski definition) is 3. The highest BCUT2D eigenvalue weighted by Crippen LogP contribution is 2.20. The molecule has 1 aromatic rings. The second kappa shape index (κ2) is 4.81. The molecule has 0 aliphatic heterocycles. The largest absolute Gasteiger partial charge is 0.490 e. The molecule has 0 unspecified atom stereocenters. The zero-order valence-corrected chi connectivity index (χ0v) is 8.45. The SMILES string of the molecule is NC(=O)CCOc1cccnc1Br. The van der Waals surface area contributed by atoms with Gasteiger partial charge in [0.25, 0.3) is 0 Å². The summed E-state index contributed by atoms with van der Waals surface area (Å²) >= 11 is 3.21. The number of primary amides is 1. The highest BCUT2D eigenvalue weighted by Gasteiger charge is 2.01. The van der Waals surface area contributed by atoms with Gasteiger partial charge in [-0.2, -0.15) is 0 Å². The molecule has 0 aliphatic rings. The highest BCUT2D eigenvalue weighted by molar-refractivity contribution is 9.10. The lowest BCUT2D eigenvalue weighted by molar-refractivity contribution is -0.118. The number of ether oxygens (including phenoxy) is 1. The minimum atomic E-state index is -0.375. The molecule has 70 valence electrons. The Hall–Kier alpha value is -1.10. The fourth-order valence-electron chi connectivity index (χ4n) is 0.741. The average molecular weight is 245 g/mol. The minimum Gasteiger partial charge on any atom is -0.490 e. The molecule has 0 aliphatic carbocycles. The van der Waals surface area contributed by atoms with Crippen LogP contribution in [0.2, 0.25) is 0 Å². The Morgan fingerprint density at radius 3 is 3.08 bits per heavy atom. The van der Waals surface area contributed by atoms with E-state index in [0.29, 0.717) is 10.4 Å². The summed E-state index contributed by atoms with van der Waals surface area (Å²) in [4.78, 5) is 14.3. The Kier molecular flexibility index (Phi) is 3.70. The van der Waals surface area contributed by atoms with Crippen molar-refractivity contribution in [2.75, 3.05) is 6.61 Å². The molecular weight excluding hydrogens is 236 g/mol. The van der Waals surface area contributed by atoms with Gasteiger partial charge in [-0.3, -0.25) is 4.79 Å². The summed E-state index contributed by atoms with van der Waals surface area (Å²) in [5, 5.41) is 0.